The Labute approximate surface area is 106 Å². The van der Waals surface area contributed by atoms with Crippen molar-refractivity contribution in [1.29, 1.82) is 0 Å². The average Bonchev–Trinajstić information content (AvgIpc) is 2.92. The van der Waals surface area contributed by atoms with E-state index in [4.69, 9.17) is 4.74 Å². The normalized spacial score (nSPS) is 32.9. The molecule has 1 N–H and O–H groups in total. The molecule has 2 aliphatic rings. The molecule has 1 aromatic heterocycles. The Hall–Kier alpha value is -0.650. The summed E-state index contributed by atoms with van der Waals surface area (Å²) in [6.45, 7) is 8.19. The van der Waals surface area contributed by atoms with Crippen molar-refractivity contribution in [3.63, 3.8) is 0 Å². The highest BCUT2D eigenvalue weighted by Gasteiger charge is 2.45. The Bertz CT molecular complexity index is 408. The van der Waals surface area contributed by atoms with Gasteiger partial charge in [-0.2, -0.15) is 4.37 Å². The van der Waals surface area contributed by atoms with Gasteiger partial charge in [0.25, 0.3) is 0 Å². The zero-order valence-corrected chi connectivity index (χ0v) is 11.2. The van der Waals surface area contributed by atoms with E-state index in [9.17, 15) is 0 Å². The molecule has 3 rings (SSSR count). The largest absolute Gasteiger partial charge is 0.480 e. The number of fused-ring (bicyclic) bond motifs is 1. The van der Waals surface area contributed by atoms with Crippen molar-refractivity contribution >= 4 is 11.5 Å². The lowest BCUT2D eigenvalue weighted by Crippen LogP contribution is -2.29. The van der Waals surface area contributed by atoms with E-state index in [0.29, 0.717) is 5.41 Å². The molecular formula is C12H19N3OS. The molecular weight excluding hydrogens is 234 g/mol. The minimum Gasteiger partial charge on any atom is -0.480 e. The van der Waals surface area contributed by atoms with Crippen LogP contribution in [0.25, 0.3) is 0 Å². The van der Waals surface area contributed by atoms with Crippen molar-refractivity contribution in [1.82, 2.24) is 14.6 Å². The number of rotatable bonds is 3. The van der Waals surface area contributed by atoms with Crippen molar-refractivity contribution < 1.29 is 4.74 Å². The topological polar surface area (TPSA) is 37.4 Å². The predicted molar refractivity (Wildman–Crippen MR) is 68.4 cm³/mol. The second kappa shape index (κ2) is 4.23. The zero-order chi connectivity index (χ0) is 11.9. The highest BCUT2D eigenvalue weighted by Crippen LogP contribution is 2.39. The molecule has 0 bridgehead atoms. The molecule has 5 heteroatoms. The average molecular weight is 253 g/mol. The molecule has 0 saturated carbocycles. The highest BCUT2D eigenvalue weighted by atomic mass is 32.1. The first-order valence-corrected chi connectivity index (χ1v) is 6.90. The van der Waals surface area contributed by atoms with Crippen LogP contribution in [0.2, 0.25) is 0 Å². The van der Waals surface area contributed by atoms with E-state index in [2.05, 4.69) is 27.6 Å². The molecule has 2 aliphatic heterocycles. The molecule has 0 radical (unpaired) electrons. The minimum absolute atomic E-state index is 0.481. The van der Waals surface area contributed by atoms with Crippen LogP contribution >= 0.6 is 11.5 Å². The smallest absolute Gasteiger partial charge is 0.225 e. The number of likely N-dealkylation sites (tertiary alicyclic amines) is 1. The molecule has 3 heterocycles. The number of aromatic nitrogens is 1. The first-order valence-electron chi connectivity index (χ1n) is 6.12. The molecule has 2 atom stereocenters. The number of hydrogen-bond acceptors (Lipinski definition) is 5. The molecule has 0 aromatic carbocycles. The van der Waals surface area contributed by atoms with Gasteiger partial charge in [-0.15, -0.1) is 0 Å². The third-order valence-corrected chi connectivity index (χ3v) is 4.85. The number of methoxy groups -OCH3 is 1. The van der Waals surface area contributed by atoms with Gasteiger partial charge in [0.15, 0.2) is 0 Å². The summed E-state index contributed by atoms with van der Waals surface area (Å²) in [5, 5.41) is 3.51. The summed E-state index contributed by atoms with van der Waals surface area (Å²) >= 11 is 1.56. The van der Waals surface area contributed by atoms with E-state index in [1.807, 2.05) is 0 Å². The van der Waals surface area contributed by atoms with E-state index in [1.54, 1.807) is 18.6 Å². The molecule has 2 saturated heterocycles. The molecule has 0 unspecified atom stereocenters. The number of ether oxygens (including phenoxy) is 1. The third kappa shape index (κ3) is 2.07. The quantitative estimate of drug-likeness (QED) is 0.878. The molecule has 4 nitrogen and oxygen atoms in total. The summed E-state index contributed by atoms with van der Waals surface area (Å²) in [4.78, 5) is 3.86. The first-order chi connectivity index (χ1) is 8.19. The predicted octanol–water partition coefficient (Wildman–Crippen LogP) is 1.19. The van der Waals surface area contributed by atoms with E-state index in [1.165, 1.54) is 31.1 Å². The van der Waals surface area contributed by atoms with Gasteiger partial charge in [-0.05, 0) is 29.4 Å². The maximum Gasteiger partial charge on any atom is 0.225 e. The van der Waals surface area contributed by atoms with Crippen LogP contribution in [0.15, 0.2) is 6.07 Å². The van der Waals surface area contributed by atoms with Gasteiger partial charge in [-0.1, -0.05) is 6.92 Å². The maximum absolute atomic E-state index is 5.12. The van der Waals surface area contributed by atoms with Crippen LogP contribution in [-0.4, -0.2) is 42.6 Å². The fourth-order valence-corrected chi connectivity index (χ4v) is 3.81. The van der Waals surface area contributed by atoms with Gasteiger partial charge in [0.2, 0.25) is 5.88 Å². The van der Waals surface area contributed by atoms with E-state index >= 15 is 0 Å². The van der Waals surface area contributed by atoms with Crippen molar-refractivity contribution in [3.05, 3.63) is 10.9 Å². The Kier molecular flexibility index (Phi) is 2.84. The number of nitrogens with zero attached hydrogens (tertiary/aromatic N) is 2. The zero-order valence-electron chi connectivity index (χ0n) is 10.4. The van der Waals surface area contributed by atoms with Crippen molar-refractivity contribution in [2.24, 2.45) is 11.3 Å². The van der Waals surface area contributed by atoms with E-state index in [-0.39, 0.29) is 0 Å². The van der Waals surface area contributed by atoms with E-state index in [0.717, 1.165) is 18.3 Å². The second-order valence-electron chi connectivity index (χ2n) is 5.49. The molecule has 0 spiro atoms. The van der Waals surface area contributed by atoms with Crippen LogP contribution in [0.3, 0.4) is 0 Å². The van der Waals surface area contributed by atoms with Crippen LogP contribution in [0, 0.1) is 11.3 Å². The lowest BCUT2D eigenvalue weighted by Gasteiger charge is -2.22. The van der Waals surface area contributed by atoms with Crippen molar-refractivity contribution in [3.8, 4) is 5.88 Å². The van der Waals surface area contributed by atoms with Gasteiger partial charge < -0.3 is 10.1 Å². The highest BCUT2D eigenvalue weighted by molar-refractivity contribution is 7.05. The van der Waals surface area contributed by atoms with Crippen molar-refractivity contribution in [2.75, 3.05) is 33.3 Å². The summed E-state index contributed by atoms with van der Waals surface area (Å²) in [5.74, 6) is 1.56. The lowest BCUT2D eigenvalue weighted by atomic mass is 9.83. The molecule has 1 aromatic rings. The maximum atomic E-state index is 5.12. The summed E-state index contributed by atoms with van der Waals surface area (Å²) in [5.41, 5.74) is 0.481. The number of nitrogens with one attached hydrogen (secondary N) is 1. The van der Waals surface area contributed by atoms with Gasteiger partial charge in [-0.3, -0.25) is 4.90 Å². The molecule has 94 valence electrons. The first kappa shape index (κ1) is 11.4. The van der Waals surface area contributed by atoms with Gasteiger partial charge in [-0.25, -0.2) is 0 Å². The fraction of sp³-hybridized carbons (Fsp3) is 0.750. The van der Waals surface area contributed by atoms with Crippen LogP contribution in [0.1, 0.15) is 11.8 Å². The second-order valence-corrected chi connectivity index (χ2v) is 6.38. The standard InChI is InChI=1S/C12H19N3OS/c1-12-7-13-4-9(12)5-15(8-12)6-10-3-11(16-2)14-17-10/h3,9,13H,4-8H2,1-2H3/t9-,12+/m0/s1. The Morgan fingerprint density at radius 2 is 2.59 bits per heavy atom. The Morgan fingerprint density at radius 1 is 1.71 bits per heavy atom. The van der Waals surface area contributed by atoms with Crippen molar-refractivity contribution in [2.45, 2.75) is 13.5 Å². The van der Waals surface area contributed by atoms with Gasteiger partial charge in [0, 0.05) is 37.1 Å². The molecule has 2 fully saturated rings. The van der Waals surface area contributed by atoms with Crippen LogP contribution in [0.4, 0.5) is 0 Å². The van der Waals surface area contributed by atoms with E-state index < -0.39 is 0 Å². The molecule has 0 aliphatic carbocycles. The Balaban J connectivity index is 1.64. The number of hydrogen-bond donors (Lipinski definition) is 1. The lowest BCUT2D eigenvalue weighted by molar-refractivity contribution is 0.274. The minimum atomic E-state index is 0.481. The van der Waals surface area contributed by atoms with Gasteiger partial charge >= 0.3 is 0 Å². The molecule has 0 amide bonds. The van der Waals surface area contributed by atoms with Crippen LogP contribution < -0.4 is 10.1 Å². The molecule has 17 heavy (non-hydrogen) atoms. The third-order valence-electron chi connectivity index (χ3n) is 4.09. The van der Waals surface area contributed by atoms with Crippen LogP contribution in [-0.2, 0) is 6.54 Å². The van der Waals surface area contributed by atoms with Crippen LogP contribution in [0.5, 0.6) is 5.88 Å². The van der Waals surface area contributed by atoms with Gasteiger partial charge in [0.05, 0.1) is 7.11 Å². The monoisotopic (exact) mass is 253 g/mol. The fourth-order valence-electron chi connectivity index (χ4n) is 3.09. The SMILES string of the molecule is COc1cc(CN2C[C@@H]3CNC[C@]3(C)C2)sn1. The van der Waals surface area contributed by atoms with Gasteiger partial charge in [0.1, 0.15) is 0 Å². The summed E-state index contributed by atoms with van der Waals surface area (Å²) < 4.78 is 9.37. The summed E-state index contributed by atoms with van der Waals surface area (Å²) in [6.07, 6.45) is 0. The summed E-state index contributed by atoms with van der Waals surface area (Å²) in [7, 11) is 1.67. The Morgan fingerprint density at radius 3 is 3.29 bits per heavy atom. The summed E-state index contributed by atoms with van der Waals surface area (Å²) in [6, 6.07) is 2.05.